The minimum Gasteiger partial charge on any atom is -0.456 e. The standard InChI is InChI=1S/C66H42N4O2.H27P25/c1-66(2)53-27-12-9-23-45(53)50-37-51-46-24-10-13-28-55(46)70(56(51)38-54(50)66)44-35-49(61-47-25-11-14-29-57(47)72-60(61)36-44)42-31-32-58-52(34-42)62-48(26-16-30-59(62)71-58)65-68-63(40-19-7-4-8-20-40)67-64(69-65)43-22-15-21-41(33-43)39-17-5-3-6-18-39;1-14-21(15(2)3)24(20(12)13)25(22(16(4)5)17(6)7)23(18(8)9)19(10)11/h3-38H,1-2H3;14H,1-13H2. The molecule has 10 aromatic carbocycles. The molecule has 0 saturated carbocycles. The van der Waals surface area contributed by atoms with Gasteiger partial charge in [0.05, 0.1) is 16.7 Å². The molecule has 1 aliphatic carbocycles. The van der Waals surface area contributed by atoms with E-state index in [0.717, 1.165) is 107 Å². The van der Waals surface area contributed by atoms with Crippen molar-refractivity contribution in [2.45, 2.75) is 19.3 Å². The van der Waals surface area contributed by atoms with Gasteiger partial charge in [-0.15, -0.1) is 116 Å². The number of hydrogen-bond acceptors (Lipinski definition) is 5. The topological polar surface area (TPSA) is 69.9 Å². The van der Waals surface area contributed by atoms with E-state index >= 15 is 0 Å². The van der Waals surface area contributed by atoms with Crippen molar-refractivity contribution in [3.05, 3.63) is 230 Å². The molecule has 14 aromatic rings. The van der Waals surface area contributed by atoms with Gasteiger partial charge in [0, 0.05) is 60.5 Å². The van der Waals surface area contributed by atoms with Crippen LogP contribution >= 0.6 is 201 Å². The molecule has 6 nitrogen and oxygen atoms in total. The first-order valence-corrected chi connectivity index (χ1v) is 75.0. The van der Waals surface area contributed by atoms with Gasteiger partial charge in [-0.2, -0.15) is 0 Å². The third kappa shape index (κ3) is 15.2. The summed E-state index contributed by atoms with van der Waals surface area (Å²) in [6, 6.07) is 77.1. The predicted octanol–water partition coefficient (Wildman–Crippen LogP) is 31.7. The molecule has 0 N–H and O–H groups in total. The summed E-state index contributed by atoms with van der Waals surface area (Å²) in [5.41, 5.74) is 18.7. The first-order chi connectivity index (χ1) is 46.8. The Bertz CT molecular complexity index is 5230. The van der Waals surface area contributed by atoms with Gasteiger partial charge in [0.15, 0.2) is 17.5 Å². The van der Waals surface area contributed by atoms with Gasteiger partial charge in [-0.3, -0.25) is 0 Å². The van der Waals surface area contributed by atoms with Gasteiger partial charge in [-0.25, -0.2) is 15.0 Å². The number of benzene rings is 10. The molecule has 4 heterocycles. The second-order valence-corrected chi connectivity index (χ2v) is 121. The summed E-state index contributed by atoms with van der Waals surface area (Å²) >= 11 is 0. The summed E-state index contributed by atoms with van der Waals surface area (Å²) in [5, 5.41) is 6.47. The quantitative estimate of drug-likeness (QED) is 0.0850. The lowest BCUT2D eigenvalue weighted by molar-refractivity contribution is 0.661. The summed E-state index contributed by atoms with van der Waals surface area (Å²) in [6.45, 7) is 5.25. The Labute approximate surface area is 611 Å². The van der Waals surface area contributed by atoms with Crippen molar-refractivity contribution in [1.29, 1.82) is 0 Å². The van der Waals surface area contributed by atoms with Crippen LogP contribution in [0.1, 0.15) is 25.0 Å². The Morgan fingerprint density at radius 2 is 0.876 bits per heavy atom. The molecule has 490 valence electrons. The number of para-hydroxylation sites is 2. The lowest BCUT2D eigenvalue weighted by atomic mass is 9.82. The zero-order chi connectivity index (χ0) is 67.7. The minimum atomic E-state index is -0.156. The predicted molar refractivity (Wildman–Crippen MR) is 504 cm³/mol. The minimum absolute atomic E-state index is 0.00618. The highest BCUT2D eigenvalue weighted by atomic mass is 33.5. The van der Waals surface area contributed by atoms with E-state index in [2.05, 4.69) is 298 Å². The molecule has 15 rings (SSSR count). The molecule has 0 bridgehead atoms. The highest BCUT2D eigenvalue weighted by Gasteiger charge is 2.47. The van der Waals surface area contributed by atoms with Gasteiger partial charge >= 0.3 is 0 Å². The van der Waals surface area contributed by atoms with Crippen LogP contribution in [0.2, 0.25) is 0 Å². The Morgan fingerprint density at radius 1 is 0.340 bits per heavy atom. The molecule has 0 fully saturated rings. The van der Waals surface area contributed by atoms with Crippen molar-refractivity contribution in [2.24, 2.45) is 0 Å². The van der Waals surface area contributed by atoms with Crippen LogP contribution in [0.4, 0.5) is 0 Å². The van der Waals surface area contributed by atoms with E-state index in [1.807, 2.05) is 54.6 Å². The summed E-state index contributed by atoms with van der Waals surface area (Å²) in [5.74, 6) is 1.76. The molecule has 0 amide bonds. The zero-order valence-corrected chi connectivity index (χ0v) is 78.2. The monoisotopic (exact) mass is 1720 g/mol. The lowest BCUT2D eigenvalue weighted by Gasteiger charge is -2.49. The fourth-order valence-corrected chi connectivity index (χ4v) is 327. The largest absolute Gasteiger partial charge is 0.456 e. The number of fused-ring (bicyclic) bond motifs is 12. The van der Waals surface area contributed by atoms with Crippen LogP contribution in [-0.4, -0.2) is 19.5 Å². The SMILES string of the molecule is CC1(C)c2ccccc2-c2cc3c4ccccc4n(-c4cc(-c5ccc6oc7cccc(-c8nc(-c9ccccc9)nc(-c9cccc(-c%10ccccc%10)c9)n8)c7c6c5)c5c(c4)oc4ccccc45)c3cc21.PPP(P(P)P)P(P(P)P)P(P(P(P)P)P(P)P)P(P(P)P)P(P)P. The lowest BCUT2D eigenvalue weighted by Crippen LogP contribution is -2.14. The average molecular weight is 1720 g/mol. The summed E-state index contributed by atoms with van der Waals surface area (Å²) < 4.78 is 16.0. The maximum Gasteiger partial charge on any atom is 0.164 e. The molecule has 97 heavy (non-hydrogen) atoms. The molecule has 0 spiro atoms. The van der Waals surface area contributed by atoms with Gasteiger partial charge in [-0.05, 0) is 176 Å². The van der Waals surface area contributed by atoms with E-state index in [1.165, 1.54) is 33.0 Å². The third-order valence-corrected chi connectivity index (χ3v) is 178. The second kappa shape index (κ2) is 32.7. The Morgan fingerprint density at radius 3 is 1.56 bits per heavy atom. The Kier molecular flexibility index (Phi) is 25.3. The molecule has 31 heteroatoms. The van der Waals surface area contributed by atoms with E-state index in [0.29, 0.717) is 17.5 Å². The van der Waals surface area contributed by atoms with E-state index in [9.17, 15) is 0 Å². The number of hydrogen-bond donors (Lipinski definition) is 0. The van der Waals surface area contributed by atoms with E-state index in [1.54, 1.807) is 0 Å². The van der Waals surface area contributed by atoms with Crippen LogP contribution in [0.25, 0.3) is 139 Å². The molecule has 4 aromatic heterocycles. The van der Waals surface area contributed by atoms with Crippen LogP contribution in [-0.2, 0) is 5.41 Å². The molecular formula is C66H69N4O2P25. The maximum absolute atomic E-state index is 6.82. The van der Waals surface area contributed by atoms with Crippen molar-refractivity contribution in [1.82, 2.24) is 19.5 Å². The van der Waals surface area contributed by atoms with Crippen molar-refractivity contribution >= 4 is 267 Å². The van der Waals surface area contributed by atoms with Gasteiger partial charge in [0.25, 0.3) is 0 Å². The van der Waals surface area contributed by atoms with Crippen molar-refractivity contribution in [3.63, 3.8) is 0 Å². The summed E-state index contributed by atoms with van der Waals surface area (Å²) in [4.78, 5) is 15.6. The van der Waals surface area contributed by atoms with Crippen molar-refractivity contribution in [2.75, 3.05) is 0 Å². The van der Waals surface area contributed by atoms with Gasteiger partial charge in [-0.1, -0.05) is 180 Å². The van der Waals surface area contributed by atoms with Gasteiger partial charge < -0.3 is 13.4 Å². The Hall–Kier alpha value is 1.36. The normalized spacial score (nSPS) is 13.9. The smallest absolute Gasteiger partial charge is 0.164 e. The first-order valence-electron chi connectivity index (χ1n) is 30.1. The van der Waals surface area contributed by atoms with E-state index in [-0.39, 0.29) is 82.3 Å². The molecule has 16 unspecified atom stereocenters. The highest BCUT2D eigenvalue weighted by molar-refractivity contribution is 9.40. The molecular weight excluding hydrogens is 1660 g/mol. The average Bonchev–Trinajstić information content (AvgIpc) is 1.57. The second-order valence-electron chi connectivity index (χ2n) is 23.3. The van der Waals surface area contributed by atoms with Crippen LogP contribution in [0.5, 0.6) is 0 Å². The fourth-order valence-electron chi connectivity index (χ4n) is 12.9. The van der Waals surface area contributed by atoms with Crippen molar-refractivity contribution < 1.29 is 8.83 Å². The van der Waals surface area contributed by atoms with Crippen LogP contribution < -0.4 is 0 Å². The highest BCUT2D eigenvalue weighted by Crippen LogP contribution is 3.34. The molecule has 0 radical (unpaired) electrons. The number of furan rings is 2. The zero-order valence-electron chi connectivity index (χ0n) is 52.3. The first kappa shape index (κ1) is 75.2. The van der Waals surface area contributed by atoms with Crippen LogP contribution in [0.3, 0.4) is 0 Å². The number of rotatable bonds is 17. The summed E-state index contributed by atoms with van der Waals surface area (Å²) in [7, 11) is 43.0. The van der Waals surface area contributed by atoms with Crippen LogP contribution in [0.15, 0.2) is 227 Å². The molecule has 0 saturated heterocycles. The maximum atomic E-state index is 6.82. The molecule has 16 atom stereocenters. The van der Waals surface area contributed by atoms with Gasteiger partial charge in [0.1, 0.15) is 22.3 Å². The van der Waals surface area contributed by atoms with E-state index < -0.39 is 0 Å². The van der Waals surface area contributed by atoms with Gasteiger partial charge in [0.2, 0.25) is 0 Å². The molecule has 0 aliphatic heterocycles. The van der Waals surface area contributed by atoms with Crippen molar-refractivity contribution in [3.8, 4) is 73.2 Å². The third-order valence-electron chi connectivity index (χ3n) is 17.1. The fraction of sp³-hybridized carbons (Fsp3) is 0.0455. The summed E-state index contributed by atoms with van der Waals surface area (Å²) in [6.07, 6.45) is 0. The van der Waals surface area contributed by atoms with Crippen LogP contribution in [0, 0.1) is 0 Å². The number of nitrogens with zero attached hydrogens (tertiary/aromatic N) is 4. The molecule has 1 aliphatic rings. The number of aromatic nitrogens is 4. The Balaban J connectivity index is 0.000000277. The van der Waals surface area contributed by atoms with E-state index in [4.69, 9.17) is 23.8 Å².